The molecule has 2 aromatic heterocycles. The van der Waals surface area contributed by atoms with Gasteiger partial charge < -0.3 is 10.3 Å². The van der Waals surface area contributed by atoms with Crippen LogP contribution in [0.1, 0.15) is 5.89 Å². The van der Waals surface area contributed by atoms with Crippen LogP contribution in [0, 0.1) is 0 Å². The average Bonchev–Trinajstić information content (AvgIpc) is 2.96. The fraction of sp³-hybridized carbons (Fsp3) is 0.200. The molecule has 86 valence electrons. The molecule has 0 saturated carbocycles. The zero-order valence-electron chi connectivity index (χ0n) is 9.16. The highest BCUT2D eigenvalue weighted by Crippen LogP contribution is 2.20. The molecular weight excluding hydrogens is 220 g/mol. The van der Waals surface area contributed by atoms with Crippen molar-refractivity contribution in [2.24, 2.45) is 12.8 Å². The van der Waals surface area contributed by atoms with E-state index in [0.29, 0.717) is 11.7 Å². The van der Waals surface area contributed by atoms with E-state index in [1.807, 2.05) is 25.2 Å². The van der Waals surface area contributed by atoms with E-state index in [-0.39, 0.29) is 6.54 Å². The van der Waals surface area contributed by atoms with Crippen molar-refractivity contribution >= 4 is 11.0 Å². The Morgan fingerprint density at radius 3 is 3.06 bits per heavy atom. The van der Waals surface area contributed by atoms with Gasteiger partial charge in [-0.15, -0.1) is 5.10 Å². The molecule has 2 N–H and O–H groups in total. The molecule has 7 nitrogen and oxygen atoms in total. The minimum Gasteiger partial charge on any atom is -0.338 e. The fourth-order valence-electron chi connectivity index (χ4n) is 1.63. The Balaban J connectivity index is 2.11. The van der Waals surface area contributed by atoms with Crippen molar-refractivity contribution in [1.29, 1.82) is 0 Å². The van der Waals surface area contributed by atoms with Crippen molar-refractivity contribution in [1.82, 2.24) is 25.1 Å². The van der Waals surface area contributed by atoms with Crippen molar-refractivity contribution in [3.63, 3.8) is 0 Å². The number of aromatic nitrogens is 5. The molecule has 1 aromatic carbocycles. The number of fused-ring (bicyclic) bond motifs is 1. The Bertz CT molecular complexity index is 670. The van der Waals surface area contributed by atoms with Crippen LogP contribution in [0.4, 0.5) is 0 Å². The van der Waals surface area contributed by atoms with Crippen LogP contribution in [0.25, 0.3) is 22.4 Å². The zero-order valence-corrected chi connectivity index (χ0v) is 9.16. The molecule has 2 heterocycles. The number of nitrogens with two attached hydrogens (primary N) is 1. The quantitative estimate of drug-likeness (QED) is 0.687. The third-order valence-corrected chi connectivity index (χ3v) is 2.51. The number of hydrogen-bond donors (Lipinski definition) is 1. The maximum Gasteiger partial charge on any atom is 0.240 e. The van der Waals surface area contributed by atoms with E-state index in [2.05, 4.69) is 20.5 Å². The molecule has 3 rings (SSSR count). The van der Waals surface area contributed by atoms with Gasteiger partial charge in [0.05, 0.1) is 12.1 Å². The summed E-state index contributed by atoms with van der Waals surface area (Å²) in [5.74, 6) is 0.928. The molecule has 0 fully saturated rings. The largest absolute Gasteiger partial charge is 0.338 e. The lowest BCUT2D eigenvalue weighted by Gasteiger charge is -1.94. The van der Waals surface area contributed by atoms with E-state index in [1.54, 1.807) is 4.68 Å². The molecular formula is C10H10N6O. The highest BCUT2D eigenvalue weighted by molar-refractivity contribution is 5.79. The third-order valence-electron chi connectivity index (χ3n) is 2.51. The van der Waals surface area contributed by atoms with Crippen molar-refractivity contribution in [2.45, 2.75) is 6.54 Å². The second-order valence-corrected chi connectivity index (χ2v) is 3.63. The molecule has 0 aliphatic carbocycles. The highest BCUT2D eigenvalue weighted by Gasteiger charge is 2.09. The maximum atomic E-state index is 5.41. The van der Waals surface area contributed by atoms with E-state index in [0.717, 1.165) is 16.6 Å². The Kier molecular flexibility index (Phi) is 2.12. The maximum absolute atomic E-state index is 5.41. The predicted octanol–water partition coefficient (Wildman–Crippen LogP) is 0.477. The highest BCUT2D eigenvalue weighted by atomic mass is 16.5. The SMILES string of the molecule is Cn1nnc2cc(-c3noc(CN)n3)ccc21. The number of hydrogen-bond acceptors (Lipinski definition) is 6. The Morgan fingerprint density at radius 1 is 1.41 bits per heavy atom. The molecule has 7 heteroatoms. The molecule has 0 atom stereocenters. The molecule has 0 amide bonds. The summed E-state index contributed by atoms with van der Waals surface area (Å²) < 4.78 is 6.67. The van der Waals surface area contributed by atoms with Crippen LogP contribution in [-0.2, 0) is 13.6 Å². The summed E-state index contributed by atoms with van der Waals surface area (Å²) in [4.78, 5) is 4.15. The molecule has 0 bridgehead atoms. The van der Waals surface area contributed by atoms with Crippen molar-refractivity contribution < 1.29 is 4.52 Å². The van der Waals surface area contributed by atoms with Gasteiger partial charge in [-0.05, 0) is 18.2 Å². The van der Waals surface area contributed by atoms with Gasteiger partial charge >= 0.3 is 0 Å². The van der Waals surface area contributed by atoms with E-state index < -0.39 is 0 Å². The molecule has 0 radical (unpaired) electrons. The minimum absolute atomic E-state index is 0.236. The number of benzene rings is 1. The van der Waals surface area contributed by atoms with Crippen LogP contribution in [-0.4, -0.2) is 25.1 Å². The van der Waals surface area contributed by atoms with Crippen LogP contribution >= 0.6 is 0 Å². The Morgan fingerprint density at radius 2 is 2.29 bits per heavy atom. The summed E-state index contributed by atoms with van der Waals surface area (Å²) in [7, 11) is 1.84. The first-order valence-corrected chi connectivity index (χ1v) is 5.10. The Labute approximate surface area is 96.2 Å². The normalized spacial score (nSPS) is 11.2. The van der Waals surface area contributed by atoms with Crippen LogP contribution in [0.5, 0.6) is 0 Å². The second-order valence-electron chi connectivity index (χ2n) is 3.63. The number of rotatable bonds is 2. The van der Waals surface area contributed by atoms with Gasteiger partial charge in [0, 0.05) is 12.6 Å². The third kappa shape index (κ3) is 1.56. The topological polar surface area (TPSA) is 95.7 Å². The summed E-state index contributed by atoms with van der Waals surface area (Å²) in [6.07, 6.45) is 0. The van der Waals surface area contributed by atoms with Crippen LogP contribution in [0.2, 0.25) is 0 Å². The van der Waals surface area contributed by atoms with Gasteiger partial charge in [0.25, 0.3) is 0 Å². The lowest BCUT2D eigenvalue weighted by molar-refractivity contribution is 0.380. The van der Waals surface area contributed by atoms with Gasteiger partial charge in [-0.3, -0.25) is 0 Å². The minimum atomic E-state index is 0.236. The number of nitrogens with zero attached hydrogens (tertiary/aromatic N) is 5. The van der Waals surface area contributed by atoms with Gasteiger partial charge in [-0.25, -0.2) is 4.68 Å². The van der Waals surface area contributed by atoms with Crippen LogP contribution in [0.3, 0.4) is 0 Å². The first-order valence-electron chi connectivity index (χ1n) is 5.10. The van der Waals surface area contributed by atoms with E-state index >= 15 is 0 Å². The van der Waals surface area contributed by atoms with E-state index in [9.17, 15) is 0 Å². The zero-order chi connectivity index (χ0) is 11.8. The molecule has 0 unspecified atom stereocenters. The van der Waals surface area contributed by atoms with Crippen molar-refractivity contribution in [3.8, 4) is 11.4 Å². The molecule has 0 saturated heterocycles. The van der Waals surface area contributed by atoms with Crippen molar-refractivity contribution in [2.75, 3.05) is 0 Å². The molecule has 17 heavy (non-hydrogen) atoms. The van der Waals surface area contributed by atoms with Crippen LogP contribution < -0.4 is 5.73 Å². The lowest BCUT2D eigenvalue weighted by Crippen LogP contribution is -1.95. The van der Waals surface area contributed by atoms with Crippen LogP contribution in [0.15, 0.2) is 22.7 Å². The van der Waals surface area contributed by atoms with E-state index in [4.69, 9.17) is 10.3 Å². The first kappa shape index (κ1) is 9.91. The second kappa shape index (κ2) is 3.63. The summed E-state index contributed by atoms with van der Waals surface area (Å²) in [6, 6.07) is 5.69. The molecule has 3 aromatic rings. The summed E-state index contributed by atoms with van der Waals surface area (Å²) in [5, 5.41) is 11.8. The summed E-state index contributed by atoms with van der Waals surface area (Å²) in [5.41, 5.74) is 8.00. The van der Waals surface area contributed by atoms with E-state index in [1.165, 1.54) is 0 Å². The van der Waals surface area contributed by atoms with Gasteiger partial charge in [0.2, 0.25) is 11.7 Å². The summed E-state index contributed by atoms with van der Waals surface area (Å²) >= 11 is 0. The fourth-order valence-corrected chi connectivity index (χ4v) is 1.63. The molecule has 0 aliphatic heterocycles. The Hall–Kier alpha value is -2.28. The standard InChI is InChI=1S/C10H10N6O/c1-16-8-3-2-6(4-7(8)13-15-16)10-12-9(5-11)17-14-10/h2-4H,5,11H2,1H3. The first-order chi connectivity index (χ1) is 8.28. The van der Waals surface area contributed by atoms with Crippen molar-refractivity contribution in [3.05, 3.63) is 24.1 Å². The van der Waals surface area contributed by atoms with Gasteiger partial charge in [-0.1, -0.05) is 10.4 Å². The number of aryl methyl sites for hydroxylation is 1. The van der Waals surface area contributed by atoms with Gasteiger partial charge in [-0.2, -0.15) is 4.98 Å². The average molecular weight is 230 g/mol. The van der Waals surface area contributed by atoms with Gasteiger partial charge in [0.15, 0.2) is 0 Å². The molecule has 0 aliphatic rings. The monoisotopic (exact) mass is 230 g/mol. The predicted molar refractivity (Wildman–Crippen MR) is 59.7 cm³/mol. The lowest BCUT2D eigenvalue weighted by atomic mass is 10.2. The smallest absolute Gasteiger partial charge is 0.240 e. The van der Waals surface area contributed by atoms with Gasteiger partial charge in [0.1, 0.15) is 5.52 Å². The summed E-state index contributed by atoms with van der Waals surface area (Å²) in [6.45, 7) is 0.236. The molecule has 0 spiro atoms.